The maximum absolute atomic E-state index is 13.0. The van der Waals surface area contributed by atoms with Gasteiger partial charge in [0.2, 0.25) is 0 Å². The molecule has 64 valence electrons. The molecule has 2 heteroatoms. The summed E-state index contributed by atoms with van der Waals surface area (Å²) in [7, 11) is 0. The molecule has 1 nitrogen and oxygen atoms in total. The third kappa shape index (κ3) is 0.994. The van der Waals surface area contributed by atoms with Crippen LogP contribution in [-0.2, 0) is 0 Å². The normalized spacial score (nSPS) is 44.7. The predicted molar refractivity (Wildman–Crippen MR) is 43.3 cm³/mol. The Morgan fingerprint density at radius 2 is 2.45 bits per heavy atom. The van der Waals surface area contributed by atoms with E-state index in [1.165, 1.54) is 12.8 Å². The van der Waals surface area contributed by atoms with Crippen LogP contribution in [-0.4, -0.2) is 29.7 Å². The Morgan fingerprint density at radius 1 is 1.64 bits per heavy atom. The van der Waals surface area contributed by atoms with Gasteiger partial charge in [0.25, 0.3) is 0 Å². The number of halogens is 1. The maximum Gasteiger partial charge on any atom is 0.115 e. The average Bonchev–Trinajstić information content (AvgIpc) is 2.43. The third-order valence-electron chi connectivity index (χ3n) is 3.42. The Labute approximate surface area is 67.6 Å². The lowest BCUT2D eigenvalue weighted by atomic mass is 9.91. The third-order valence-corrected chi connectivity index (χ3v) is 3.42. The van der Waals surface area contributed by atoms with Crippen molar-refractivity contribution in [2.24, 2.45) is 0 Å². The molecular weight excluding hydrogens is 141 g/mol. The summed E-state index contributed by atoms with van der Waals surface area (Å²) >= 11 is 0. The van der Waals surface area contributed by atoms with Crippen LogP contribution in [0.5, 0.6) is 0 Å². The molecule has 2 saturated heterocycles. The molecule has 0 aromatic heterocycles. The van der Waals surface area contributed by atoms with Crippen LogP contribution in [0, 0.1) is 0 Å². The molecular formula is C9H16FN. The standard InChI is InChI=1S/C9H16FN/c1-2-9-4-3-5-11(9)7-8(10)6-9/h8H,2-7H2,1H3/t8-,9-/m1/s1. The molecule has 0 spiro atoms. The Bertz CT molecular complexity index is 160. The van der Waals surface area contributed by atoms with Crippen LogP contribution in [0.25, 0.3) is 0 Å². The van der Waals surface area contributed by atoms with E-state index in [1.807, 2.05) is 0 Å². The van der Waals surface area contributed by atoms with Crippen molar-refractivity contribution in [1.29, 1.82) is 0 Å². The number of fused-ring (bicyclic) bond motifs is 1. The lowest BCUT2D eigenvalue weighted by molar-refractivity contribution is 0.189. The van der Waals surface area contributed by atoms with E-state index in [1.54, 1.807) is 0 Å². The molecule has 2 aliphatic rings. The van der Waals surface area contributed by atoms with Crippen LogP contribution in [0.2, 0.25) is 0 Å². The zero-order valence-electron chi connectivity index (χ0n) is 7.15. The molecule has 0 N–H and O–H groups in total. The smallest absolute Gasteiger partial charge is 0.115 e. The Morgan fingerprint density at radius 3 is 3.09 bits per heavy atom. The van der Waals surface area contributed by atoms with Gasteiger partial charge in [0.15, 0.2) is 0 Å². The first-order valence-electron chi connectivity index (χ1n) is 4.66. The molecule has 11 heavy (non-hydrogen) atoms. The summed E-state index contributed by atoms with van der Waals surface area (Å²) in [5.41, 5.74) is 0.277. The molecule has 2 heterocycles. The quantitative estimate of drug-likeness (QED) is 0.562. The van der Waals surface area contributed by atoms with Crippen LogP contribution in [0.1, 0.15) is 32.6 Å². The van der Waals surface area contributed by atoms with Gasteiger partial charge >= 0.3 is 0 Å². The van der Waals surface area contributed by atoms with E-state index in [4.69, 9.17) is 0 Å². The van der Waals surface area contributed by atoms with Gasteiger partial charge in [-0.25, -0.2) is 4.39 Å². The highest BCUT2D eigenvalue weighted by molar-refractivity contribution is 5.02. The predicted octanol–water partition coefficient (Wildman–Crippen LogP) is 1.97. The molecule has 0 amide bonds. The van der Waals surface area contributed by atoms with E-state index >= 15 is 0 Å². The van der Waals surface area contributed by atoms with Crippen LogP contribution < -0.4 is 0 Å². The van der Waals surface area contributed by atoms with E-state index in [2.05, 4.69) is 11.8 Å². The van der Waals surface area contributed by atoms with Gasteiger partial charge in [-0.3, -0.25) is 4.90 Å². The zero-order valence-corrected chi connectivity index (χ0v) is 7.15. The Balaban J connectivity index is 2.15. The molecule has 2 atom stereocenters. The Kier molecular flexibility index (Phi) is 1.67. The average molecular weight is 157 g/mol. The van der Waals surface area contributed by atoms with E-state index in [0.717, 1.165) is 19.4 Å². The number of rotatable bonds is 1. The van der Waals surface area contributed by atoms with Crippen molar-refractivity contribution in [3.63, 3.8) is 0 Å². The molecule has 0 saturated carbocycles. The lowest BCUT2D eigenvalue weighted by Crippen LogP contribution is -2.37. The summed E-state index contributed by atoms with van der Waals surface area (Å²) < 4.78 is 13.0. The second kappa shape index (κ2) is 2.44. The topological polar surface area (TPSA) is 3.24 Å². The zero-order chi connectivity index (χ0) is 7.90. The lowest BCUT2D eigenvalue weighted by Gasteiger charge is -2.29. The SMILES string of the molecule is CC[C@]12CCCN1C[C@H](F)C2. The summed E-state index contributed by atoms with van der Waals surface area (Å²) in [6.45, 7) is 4.03. The highest BCUT2D eigenvalue weighted by Gasteiger charge is 2.46. The number of hydrogen-bond acceptors (Lipinski definition) is 1. The second-order valence-corrected chi connectivity index (χ2v) is 3.93. The maximum atomic E-state index is 13.0. The first-order valence-corrected chi connectivity index (χ1v) is 4.66. The first-order chi connectivity index (χ1) is 5.27. The van der Waals surface area contributed by atoms with Crippen molar-refractivity contribution >= 4 is 0 Å². The fourth-order valence-electron chi connectivity index (χ4n) is 2.77. The van der Waals surface area contributed by atoms with Gasteiger partial charge in [-0.2, -0.15) is 0 Å². The van der Waals surface area contributed by atoms with Crippen LogP contribution >= 0.6 is 0 Å². The van der Waals surface area contributed by atoms with E-state index in [0.29, 0.717) is 6.54 Å². The minimum absolute atomic E-state index is 0.277. The molecule has 2 fully saturated rings. The van der Waals surface area contributed by atoms with Gasteiger partial charge in [0, 0.05) is 12.1 Å². The molecule has 0 aliphatic carbocycles. The first kappa shape index (κ1) is 7.53. The molecule has 2 aliphatic heterocycles. The molecule has 0 radical (unpaired) electrons. The van der Waals surface area contributed by atoms with Crippen molar-refractivity contribution in [2.45, 2.75) is 44.3 Å². The molecule has 0 bridgehead atoms. The van der Waals surface area contributed by atoms with Gasteiger partial charge in [0.1, 0.15) is 6.17 Å². The largest absolute Gasteiger partial charge is 0.295 e. The minimum atomic E-state index is -0.546. The fraction of sp³-hybridized carbons (Fsp3) is 1.00. The molecule has 0 unspecified atom stereocenters. The number of hydrogen-bond donors (Lipinski definition) is 0. The second-order valence-electron chi connectivity index (χ2n) is 3.93. The van der Waals surface area contributed by atoms with Crippen LogP contribution in [0.15, 0.2) is 0 Å². The van der Waals surface area contributed by atoms with Crippen molar-refractivity contribution in [3.8, 4) is 0 Å². The molecule has 0 aromatic rings. The highest BCUT2D eigenvalue weighted by Crippen LogP contribution is 2.41. The van der Waals surface area contributed by atoms with Crippen molar-refractivity contribution in [3.05, 3.63) is 0 Å². The summed E-state index contributed by atoms with van der Waals surface area (Å²) in [6, 6.07) is 0. The van der Waals surface area contributed by atoms with E-state index < -0.39 is 6.17 Å². The van der Waals surface area contributed by atoms with E-state index in [9.17, 15) is 4.39 Å². The molecule has 0 aromatic carbocycles. The van der Waals surface area contributed by atoms with Gasteiger partial charge in [-0.15, -0.1) is 0 Å². The summed E-state index contributed by atoms with van der Waals surface area (Å²) in [5, 5.41) is 0. The van der Waals surface area contributed by atoms with Crippen LogP contribution in [0.4, 0.5) is 4.39 Å². The number of alkyl halides is 1. The van der Waals surface area contributed by atoms with Gasteiger partial charge < -0.3 is 0 Å². The highest BCUT2D eigenvalue weighted by atomic mass is 19.1. The van der Waals surface area contributed by atoms with Crippen molar-refractivity contribution in [1.82, 2.24) is 4.90 Å². The van der Waals surface area contributed by atoms with E-state index in [-0.39, 0.29) is 5.54 Å². The van der Waals surface area contributed by atoms with Gasteiger partial charge in [0.05, 0.1) is 0 Å². The summed E-state index contributed by atoms with van der Waals surface area (Å²) in [5.74, 6) is 0. The monoisotopic (exact) mass is 157 g/mol. The summed E-state index contributed by atoms with van der Waals surface area (Å²) in [6.07, 6.45) is 3.89. The van der Waals surface area contributed by atoms with Gasteiger partial charge in [-0.1, -0.05) is 6.92 Å². The summed E-state index contributed by atoms with van der Waals surface area (Å²) in [4.78, 5) is 2.36. The fourth-order valence-corrected chi connectivity index (χ4v) is 2.77. The van der Waals surface area contributed by atoms with Gasteiger partial charge in [-0.05, 0) is 32.2 Å². The minimum Gasteiger partial charge on any atom is -0.295 e. The van der Waals surface area contributed by atoms with Crippen LogP contribution in [0.3, 0.4) is 0 Å². The molecule has 2 rings (SSSR count). The Hall–Kier alpha value is -0.110. The van der Waals surface area contributed by atoms with Crippen molar-refractivity contribution < 1.29 is 4.39 Å². The number of nitrogens with zero attached hydrogens (tertiary/aromatic N) is 1. The van der Waals surface area contributed by atoms with Crippen molar-refractivity contribution in [2.75, 3.05) is 13.1 Å².